The monoisotopic (exact) mass is 407 g/mol. The van der Waals surface area contributed by atoms with Crippen LogP contribution in [-0.4, -0.2) is 34.2 Å². The first kappa shape index (κ1) is 17.2. The molecule has 0 fully saturated rings. The lowest BCUT2D eigenvalue weighted by molar-refractivity contribution is -0.116. The highest BCUT2D eigenvalue weighted by Gasteiger charge is 2.36. The van der Waals surface area contributed by atoms with Crippen LogP contribution in [0.4, 0.5) is 5.13 Å². The maximum atomic E-state index is 12.5. The molecule has 5 rings (SSSR count). The standard InChI is InChI=1S/C20H13N3O3S2/c24-16(9-23-18(25)11-5-1-2-6-12(11)19(23)26)21-20-22-17-13-7-3-4-8-14(13)27-10-15(17)28-20/h1-8H,9-10H2,(H,21,22,24). The molecule has 6 nitrogen and oxygen atoms in total. The second-order valence-corrected chi connectivity index (χ2v) is 8.47. The molecule has 3 heterocycles. The zero-order chi connectivity index (χ0) is 19.3. The minimum Gasteiger partial charge on any atom is -0.300 e. The average Bonchev–Trinajstić information content (AvgIpc) is 3.23. The van der Waals surface area contributed by atoms with E-state index < -0.39 is 17.7 Å². The number of nitrogens with zero attached hydrogens (tertiary/aromatic N) is 2. The fraction of sp³-hybridized carbons (Fsp3) is 0.100. The normalized spacial score (nSPS) is 14.5. The number of aromatic nitrogens is 1. The van der Waals surface area contributed by atoms with Gasteiger partial charge in [0, 0.05) is 21.1 Å². The van der Waals surface area contributed by atoms with E-state index in [2.05, 4.69) is 16.4 Å². The van der Waals surface area contributed by atoms with Gasteiger partial charge in [-0.2, -0.15) is 0 Å². The predicted octanol–water partition coefficient (Wildman–Crippen LogP) is 3.65. The van der Waals surface area contributed by atoms with Crippen molar-refractivity contribution in [1.82, 2.24) is 9.88 Å². The van der Waals surface area contributed by atoms with Crippen molar-refractivity contribution in [3.8, 4) is 11.3 Å². The molecule has 0 radical (unpaired) electrons. The Hall–Kier alpha value is -2.97. The van der Waals surface area contributed by atoms with E-state index in [1.165, 1.54) is 16.2 Å². The number of benzene rings is 2. The van der Waals surface area contributed by atoms with E-state index >= 15 is 0 Å². The summed E-state index contributed by atoms with van der Waals surface area (Å²) in [6, 6.07) is 14.6. The van der Waals surface area contributed by atoms with E-state index in [1.54, 1.807) is 36.0 Å². The quantitative estimate of drug-likeness (QED) is 0.671. The van der Waals surface area contributed by atoms with E-state index in [-0.39, 0.29) is 6.54 Å². The zero-order valence-corrected chi connectivity index (χ0v) is 16.1. The number of thioether (sulfide) groups is 1. The first-order valence-electron chi connectivity index (χ1n) is 8.59. The fourth-order valence-corrected chi connectivity index (χ4v) is 5.45. The molecule has 2 aromatic carbocycles. The SMILES string of the molecule is O=C(CN1C(=O)c2ccccc2C1=O)Nc1nc2c(s1)CSc1ccccc1-2. The third-order valence-electron chi connectivity index (χ3n) is 4.62. The molecule has 0 bridgehead atoms. The van der Waals surface area contributed by atoms with E-state index in [1.807, 2.05) is 18.2 Å². The number of carbonyl (C=O) groups excluding carboxylic acids is 3. The van der Waals surface area contributed by atoms with Gasteiger partial charge in [-0.15, -0.1) is 23.1 Å². The van der Waals surface area contributed by atoms with Crippen molar-refractivity contribution in [2.45, 2.75) is 10.6 Å². The number of imide groups is 1. The first-order chi connectivity index (χ1) is 13.6. The number of fused-ring (bicyclic) bond motifs is 4. The summed E-state index contributed by atoms with van der Waals surface area (Å²) in [7, 11) is 0. The van der Waals surface area contributed by atoms with Crippen molar-refractivity contribution in [1.29, 1.82) is 0 Å². The molecule has 2 aliphatic heterocycles. The van der Waals surface area contributed by atoms with Gasteiger partial charge < -0.3 is 5.32 Å². The molecule has 28 heavy (non-hydrogen) atoms. The van der Waals surface area contributed by atoms with Crippen LogP contribution in [0, 0.1) is 0 Å². The maximum absolute atomic E-state index is 12.5. The van der Waals surface area contributed by atoms with Gasteiger partial charge in [-0.25, -0.2) is 4.98 Å². The third-order valence-corrected chi connectivity index (χ3v) is 6.88. The van der Waals surface area contributed by atoms with Crippen LogP contribution >= 0.6 is 23.1 Å². The van der Waals surface area contributed by atoms with Gasteiger partial charge in [0.2, 0.25) is 5.91 Å². The number of anilines is 1. The van der Waals surface area contributed by atoms with Crippen LogP contribution in [0.25, 0.3) is 11.3 Å². The van der Waals surface area contributed by atoms with E-state index in [4.69, 9.17) is 0 Å². The molecule has 0 spiro atoms. The molecular formula is C20H13N3O3S2. The molecule has 1 N–H and O–H groups in total. The number of hydrogen-bond donors (Lipinski definition) is 1. The van der Waals surface area contributed by atoms with Crippen molar-refractivity contribution in [2.75, 3.05) is 11.9 Å². The minimum atomic E-state index is -0.445. The number of rotatable bonds is 3. The number of hydrogen-bond acceptors (Lipinski definition) is 6. The lowest BCUT2D eigenvalue weighted by Crippen LogP contribution is -2.37. The summed E-state index contributed by atoms with van der Waals surface area (Å²) in [6.45, 7) is -0.331. The maximum Gasteiger partial charge on any atom is 0.262 e. The molecule has 3 amide bonds. The van der Waals surface area contributed by atoms with Crippen molar-refractivity contribution >= 4 is 46.0 Å². The van der Waals surface area contributed by atoms with Crippen molar-refractivity contribution in [3.63, 3.8) is 0 Å². The summed E-state index contributed by atoms with van der Waals surface area (Å²) in [5.41, 5.74) is 2.61. The van der Waals surface area contributed by atoms with Crippen LogP contribution in [0.3, 0.4) is 0 Å². The van der Waals surface area contributed by atoms with Crippen LogP contribution in [-0.2, 0) is 10.5 Å². The molecular weight excluding hydrogens is 394 g/mol. The highest BCUT2D eigenvalue weighted by Crippen LogP contribution is 2.44. The summed E-state index contributed by atoms with van der Waals surface area (Å²) in [4.78, 5) is 45.1. The van der Waals surface area contributed by atoms with Gasteiger partial charge in [0.05, 0.1) is 16.8 Å². The van der Waals surface area contributed by atoms with Crippen LogP contribution in [0.2, 0.25) is 0 Å². The number of nitrogens with one attached hydrogen (secondary N) is 1. The third kappa shape index (κ3) is 2.73. The lowest BCUT2D eigenvalue weighted by atomic mass is 10.1. The Bertz CT molecular complexity index is 1120. The number of thiazole rings is 1. The molecule has 1 aromatic heterocycles. The van der Waals surface area contributed by atoms with Crippen LogP contribution in [0.15, 0.2) is 53.4 Å². The molecule has 0 saturated carbocycles. The molecule has 0 atom stereocenters. The second-order valence-electron chi connectivity index (χ2n) is 6.37. The summed E-state index contributed by atoms with van der Waals surface area (Å²) in [5, 5.41) is 3.21. The molecule has 3 aromatic rings. The second kappa shape index (κ2) is 6.57. The van der Waals surface area contributed by atoms with Crippen LogP contribution in [0.1, 0.15) is 25.6 Å². The Kier molecular flexibility index (Phi) is 4.03. The minimum absolute atomic E-state index is 0.331. The Labute approximate surface area is 168 Å². The Morgan fingerprint density at radius 1 is 1.00 bits per heavy atom. The van der Waals surface area contributed by atoms with E-state index in [9.17, 15) is 14.4 Å². The van der Waals surface area contributed by atoms with Gasteiger partial charge >= 0.3 is 0 Å². The van der Waals surface area contributed by atoms with Crippen LogP contribution in [0.5, 0.6) is 0 Å². The summed E-state index contributed by atoms with van der Waals surface area (Å²) < 4.78 is 0. The molecule has 0 saturated heterocycles. The van der Waals surface area contributed by atoms with Gasteiger partial charge in [0.15, 0.2) is 5.13 Å². The number of carbonyl (C=O) groups is 3. The van der Waals surface area contributed by atoms with Crippen molar-refractivity contribution in [2.24, 2.45) is 0 Å². The highest BCUT2D eigenvalue weighted by molar-refractivity contribution is 7.98. The van der Waals surface area contributed by atoms with Crippen molar-refractivity contribution < 1.29 is 14.4 Å². The Morgan fingerprint density at radius 3 is 2.36 bits per heavy atom. The average molecular weight is 407 g/mol. The van der Waals surface area contributed by atoms with Gasteiger partial charge in [-0.3, -0.25) is 19.3 Å². The summed E-state index contributed by atoms with van der Waals surface area (Å²) >= 11 is 3.17. The predicted molar refractivity (Wildman–Crippen MR) is 108 cm³/mol. The Morgan fingerprint density at radius 2 is 1.64 bits per heavy atom. The van der Waals surface area contributed by atoms with Gasteiger partial charge in [0.1, 0.15) is 6.54 Å². The topological polar surface area (TPSA) is 79.4 Å². The van der Waals surface area contributed by atoms with Crippen molar-refractivity contribution in [3.05, 3.63) is 64.5 Å². The zero-order valence-electron chi connectivity index (χ0n) is 14.5. The molecule has 138 valence electrons. The lowest BCUT2D eigenvalue weighted by Gasteiger charge is -2.13. The van der Waals surface area contributed by atoms with Gasteiger partial charge in [-0.1, -0.05) is 30.3 Å². The van der Waals surface area contributed by atoms with Gasteiger partial charge in [-0.05, 0) is 18.2 Å². The van der Waals surface area contributed by atoms with Gasteiger partial charge in [0.25, 0.3) is 11.8 Å². The van der Waals surface area contributed by atoms with Crippen LogP contribution < -0.4 is 5.32 Å². The van der Waals surface area contributed by atoms with E-state index in [0.29, 0.717) is 16.3 Å². The Balaban J connectivity index is 1.34. The summed E-state index contributed by atoms with van der Waals surface area (Å²) in [5.74, 6) is -0.529. The highest BCUT2D eigenvalue weighted by atomic mass is 32.2. The smallest absolute Gasteiger partial charge is 0.262 e. The largest absolute Gasteiger partial charge is 0.300 e. The molecule has 2 aliphatic rings. The molecule has 8 heteroatoms. The summed E-state index contributed by atoms with van der Waals surface area (Å²) in [6.07, 6.45) is 0. The molecule has 0 unspecified atom stereocenters. The fourth-order valence-electron chi connectivity index (χ4n) is 3.33. The number of amides is 3. The molecule has 0 aliphatic carbocycles. The first-order valence-corrected chi connectivity index (χ1v) is 10.4. The van der Waals surface area contributed by atoms with E-state index in [0.717, 1.165) is 26.8 Å².